The molecule has 108 valence electrons. The number of hydrogen-bond donors (Lipinski definition) is 1. The zero-order valence-electron chi connectivity index (χ0n) is 12.5. The van der Waals surface area contributed by atoms with Gasteiger partial charge in [-0.3, -0.25) is 9.88 Å². The molecule has 1 heterocycles. The van der Waals surface area contributed by atoms with Crippen molar-refractivity contribution in [3.8, 4) is 5.75 Å². The van der Waals surface area contributed by atoms with Gasteiger partial charge in [-0.05, 0) is 51.3 Å². The van der Waals surface area contributed by atoms with E-state index in [1.165, 1.54) is 12.6 Å². The lowest BCUT2D eigenvalue weighted by Gasteiger charge is -2.23. The van der Waals surface area contributed by atoms with Crippen LogP contribution in [0.2, 0.25) is 0 Å². The normalized spacial score (nSPS) is 11.4. The van der Waals surface area contributed by atoms with Gasteiger partial charge in [0.2, 0.25) is 0 Å². The van der Waals surface area contributed by atoms with E-state index < -0.39 is 0 Å². The summed E-state index contributed by atoms with van der Waals surface area (Å²) < 4.78 is 0. The maximum absolute atomic E-state index is 9.22. The zero-order chi connectivity index (χ0) is 14.1. The Morgan fingerprint density at radius 2 is 1.63 bits per heavy atom. The predicted octanol–water partition coefficient (Wildman–Crippen LogP) is 2.34. The van der Waals surface area contributed by atoms with Crippen LogP contribution in [0, 0.1) is 0 Å². The molecule has 0 aliphatic heterocycles. The molecule has 4 nitrogen and oxygen atoms in total. The number of aromatic nitrogens is 1. The van der Waals surface area contributed by atoms with Crippen LogP contribution in [0.5, 0.6) is 5.75 Å². The fourth-order valence-corrected chi connectivity index (χ4v) is 2.15. The maximum atomic E-state index is 9.22. The number of pyridine rings is 1. The van der Waals surface area contributed by atoms with E-state index in [2.05, 4.69) is 35.6 Å². The van der Waals surface area contributed by atoms with Crippen LogP contribution in [-0.4, -0.2) is 52.6 Å². The van der Waals surface area contributed by atoms with E-state index in [-0.39, 0.29) is 5.75 Å². The van der Waals surface area contributed by atoms with Crippen molar-refractivity contribution in [2.45, 2.75) is 33.7 Å². The highest BCUT2D eigenvalue weighted by Crippen LogP contribution is 2.08. The molecule has 0 fully saturated rings. The smallest absolute Gasteiger partial charge is 0.133 e. The first kappa shape index (κ1) is 15.9. The van der Waals surface area contributed by atoms with Crippen LogP contribution in [0.15, 0.2) is 18.3 Å². The van der Waals surface area contributed by atoms with Gasteiger partial charge in [0.25, 0.3) is 0 Å². The molecular formula is C15H27N3O. The highest BCUT2D eigenvalue weighted by molar-refractivity contribution is 5.17. The highest BCUT2D eigenvalue weighted by atomic mass is 16.3. The summed E-state index contributed by atoms with van der Waals surface area (Å²) in [5, 5.41) is 9.22. The average Bonchev–Trinajstić information content (AvgIpc) is 2.44. The molecule has 1 aromatic rings. The first-order valence-electron chi connectivity index (χ1n) is 7.28. The fraction of sp³-hybridized carbons (Fsp3) is 0.667. The molecule has 0 saturated heterocycles. The van der Waals surface area contributed by atoms with E-state index in [4.69, 9.17) is 0 Å². The van der Waals surface area contributed by atoms with E-state index in [1.807, 2.05) is 6.07 Å². The van der Waals surface area contributed by atoms with Crippen LogP contribution in [0.3, 0.4) is 0 Å². The lowest BCUT2D eigenvalue weighted by molar-refractivity contribution is 0.236. The Labute approximate surface area is 117 Å². The van der Waals surface area contributed by atoms with Crippen molar-refractivity contribution in [1.29, 1.82) is 0 Å². The summed E-state index contributed by atoms with van der Waals surface area (Å²) >= 11 is 0. The van der Waals surface area contributed by atoms with Gasteiger partial charge >= 0.3 is 0 Å². The molecule has 0 aliphatic rings. The summed E-state index contributed by atoms with van der Waals surface area (Å²) in [7, 11) is 0. The van der Waals surface area contributed by atoms with Gasteiger partial charge in [-0.1, -0.05) is 20.8 Å². The Balaban J connectivity index is 2.35. The third-order valence-electron chi connectivity index (χ3n) is 3.49. The van der Waals surface area contributed by atoms with Gasteiger partial charge in [0.15, 0.2) is 0 Å². The Hall–Kier alpha value is -1.13. The molecule has 0 unspecified atom stereocenters. The zero-order valence-corrected chi connectivity index (χ0v) is 12.5. The summed E-state index contributed by atoms with van der Waals surface area (Å²) in [6.07, 6.45) is 2.70. The fourth-order valence-electron chi connectivity index (χ4n) is 2.15. The Morgan fingerprint density at radius 1 is 1.00 bits per heavy atom. The standard InChI is InChI=1S/C15H27N3O/c1-4-17(5-2)10-7-11-18(6-3)13-14-8-9-15(19)12-16-14/h8-9,12,19H,4-7,10-11,13H2,1-3H3. The van der Waals surface area contributed by atoms with Crippen LogP contribution in [0.4, 0.5) is 0 Å². The highest BCUT2D eigenvalue weighted by Gasteiger charge is 2.06. The van der Waals surface area contributed by atoms with Crippen LogP contribution in [0.1, 0.15) is 32.9 Å². The molecule has 0 bridgehead atoms. The summed E-state index contributed by atoms with van der Waals surface area (Å²) in [4.78, 5) is 9.08. The topological polar surface area (TPSA) is 39.6 Å². The average molecular weight is 265 g/mol. The van der Waals surface area contributed by atoms with Gasteiger partial charge < -0.3 is 10.0 Å². The van der Waals surface area contributed by atoms with E-state index in [1.54, 1.807) is 6.07 Å². The molecule has 0 saturated carbocycles. The van der Waals surface area contributed by atoms with Crippen molar-refractivity contribution >= 4 is 0 Å². The molecule has 4 heteroatoms. The molecule has 0 spiro atoms. The molecule has 1 aromatic heterocycles. The van der Waals surface area contributed by atoms with Crippen molar-refractivity contribution in [3.05, 3.63) is 24.0 Å². The van der Waals surface area contributed by atoms with Crippen molar-refractivity contribution in [1.82, 2.24) is 14.8 Å². The van der Waals surface area contributed by atoms with Crippen molar-refractivity contribution < 1.29 is 5.11 Å². The summed E-state index contributed by atoms with van der Waals surface area (Å²) in [6.45, 7) is 13.0. The second kappa shape index (κ2) is 8.88. The largest absolute Gasteiger partial charge is 0.506 e. The quantitative estimate of drug-likeness (QED) is 0.744. The molecule has 1 rings (SSSR count). The third-order valence-corrected chi connectivity index (χ3v) is 3.49. The molecule has 0 aromatic carbocycles. The van der Waals surface area contributed by atoms with Gasteiger partial charge in [0.05, 0.1) is 11.9 Å². The van der Waals surface area contributed by atoms with E-state index in [9.17, 15) is 5.11 Å². The molecule has 1 N–H and O–H groups in total. The van der Waals surface area contributed by atoms with E-state index in [0.717, 1.165) is 45.0 Å². The van der Waals surface area contributed by atoms with E-state index >= 15 is 0 Å². The Kier molecular flexibility index (Phi) is 7.45. The van der Waals surface area contributed by atoms with Gasteiger partial charge in [-0.25, -0.2) is 0 Å². The number of hydrogen-bond acceptors (Lipinski definition) is 4. The second-order valence-electron chi connectivity index (χ2n) is 4.76. The van der Waals surface area contributed by atoms with Gasteiger partial charge in [0, 0.05) is 6.54 Å². The van der Waals surface area contributed by atoms with Crippen LogP contribution in [-0.2, 0) is 6.54 Å². The molecule has 0 amide bonds. The first-order valence-corrected chi connectivity index (χ1v) is 7.28. The maximum Gasteiger partial charge on any atom is 0.133 e. The lowest BCUT2D eigenvalue weighted by Crippen LogP contribution is -2.30. The van der Waals surface area contributed by atoms with Gasteiger partial charge in [-0.15, -0.1) is 0 Å². The molecular weight excluding hydrogens is 238 g/mol. The first-order chi connectivity index (χ1) is 9.19. The molecule has 0 radical (unpaired) electrons. The molecule has 19 heavy (non-hydrogen) atoms. The summed E-state index contributed by atoms with van der Waals surface area (Å²) in [5.74, 6) is 0.230. The Bertz CT molecular complexity index is 336. The van der Waals surface area contributed by atoms with Crippen LogP contribution < -0.4 is 0 Å². The SMILES string of the molecule is CCN(CC)CCCN(CC)Cc1ccc(O)cn1. The minimum absolute atomic E-state index is 0.230. The minimum Gasteiger partial charge on any atom is -0.506 e. The Morgan fingerprint density at radius 3 is 2.16 bits per heavy atom. The number of aromatic hydroxyl groups is 1. The van der Waals surface area contributed by atoms with Gasteiger partial charge in [-0.2, -0.15) is 0 Å². The predicted molar refractivity (Wildman–Crippen MR) is 79.3 cm³/mol. The van der Waals surface area contributed by atoms with E-state index in [0.29, 0.717) is 0 Å². The number of rotatable bonds is 9. The monoisotopic (exact) mass is 265 g/mol. The van der Waals surface area contributed by atoms with Crippen molar-refractivity contribution in [2.75, 3.05) is 32.7 Å². The molecule has 0 aliphatic carbocycles. The van der Waals surface area contributed by atoms with Crippen molar-refractivity contribution in [3.63, 3.8) is 0 Å². The van der Waals surface area contributed by atoms with Crippen LogP contribution in [0.25, 0.3) is 0 Å². The van der Waals surface area contributed by atoms with Gasteiger partial charge in [0.1, 0.15) is 5.75 Å². The second-order valence-corrected chi connectivity index (χ2v) is 4.76. The number of nitrogens with zero attached hydrogens (tertiary/aromatic N) is 3. The lowest BCUT2D eigenvalue weighted by atomic mass is 10.3. The summed E-state index contributed by atoms with van der Waals surface area (Å²) in [6, 6.07) is 3.59. The third kappa shape index (κ3) is 6.03. The minimum atomic E-state index is 0.230. The van der Waals surface area contributed by atoms with Crippen molar-refractivity contribution in [2.24, 2.45) is 0 Å². The van der Waals surface area contributed by atoms with Crippen LogP contribution >= 0.6 is 0 Å². The molecule has 0 atom stereocenters. The summed E-state index contributed by atoms with van der Waals surface area (Å²) in [5.41, 5.74) is 1.02.